The summed E-state index contributed by atoms with van der Waals surface area (Å²) in [7, 11) is 0. The van der Waals surface area contributed by atoms with Gasteiger partial charge in [-0.1, -0.05) is 5.57 Å². The average molecular weight is 182 g/mol. The minimum atomic E-state index is -3.30. The monoisotopic (exact) mass is 182 g/mol. The van der Waals surface area contributed by atoms with Gasteiger partial charge in [-0.15, -0.1) is 0 Å². The third-order valence-electron chi connectivity index (χ3n) is 1.98. The molecule has 0 aromatic rings. The van der Waals surface area contributed by atoms with Gasteiger partial charge in [-0.25, -0.2) is 17.6 Å². The largest absolute Gasteiger partial charge is 0.275 e. The summed E-state index contributed by atoms with van der Waals surface area (Å²) in [5, 5.41) is 0. The van der Waals surface area contributed by atoms with Crippen LogP contribution in [0, 0.1) is 0 Å². The third-order valence-corrected chi connectivity index (χ3v) is 1.98. The number of alkyl halides is 4. The molecule has 0 atom stereocenters. The Bertz CT molecular complexity index is 205. The minimum absolute atomic E-state index is 0.0301. The van der Waals surface area contributed by atoms with Crippen LogP contribution in [0.2, 0.25) is 0 Å². The standard InChI is InChI=1S/C8H10F4/c1-5(2)6-7(9,10)3-4-8(6,11)12/h3-4H2,1-2H3. The van der Waals surface area contributed by atoms with Crippen LogP contribution >= 0.6 is 0 Å². The number of allylic oxidation sites excluding steroid dienone is 2. The van der Waals surface area contributed by atoms with Gasteiger partial charge >= 0.3 is 0 Å². The Labute approximate surface area is 68.3 Å². The molecule has 0 spiro atoms. The zero-order valence-corrected chi connectivity index (χ0v) is 6.93. The molecule has 0 unspecified atom stereocenters. The Morgan fingerprint density at radius 3 is 1.50 bits per heavy atom. The van der Waals surface area contributed by atoms with Crippen molar-refractivity contribution in [3.8, 4) is 0 Å². The van der Waals surface area contributed by atoms with Crippen LogP contribution in [0.5, 0.6) is 0 Å². The number of rotatable bonds is 0. The number of hydrogen-bond acceptors (Lipinski definition) is 0. The zero-order valence-electron chi connectivity index (χ0n) is 6.93. The molecular weight excluding hydrogens is 172 g/mol. The SMILES string of the molecule is CC(C)=C1C(F)(F)CCC1(F)F. The van der Waals surface area contributed by atoms with E-state index in [-0.39, 0.29) is 5.57 Å². The van der Waals surface area contributed by atoms with Crippen LogP contribution in [0.4, 0.5) is 17.6 Å². The summed E-state index contributed by atoms with van der Waals surface area (Å²) in [6, 6.07) is 0. The first-order valence-electron chi connectivity index (χ1n) is 3.71. The van der Waals surface area contributed by atoms with Crippen LogP contribution in [0.15, 0.2) is 11.1 Å². The van der Waals surface area contributed by atoms with Crippen LogP contribution in [-0.4, -0.2) is 11.8 Å². The molecule has 0 aromatic heterocycles. The normalized spacial score (nSPS) is 26.0. The molecule has 0 aromatic carbocycles. The minimum Gasteiger partial charge on any atom is -0.202 e. The van der Waals surface area contributed by atoms with E-state index in [0.29, 0.717) is 0 Å². The maximum atomic E-state index is 12.8. The highest BCUT2D eigenvalue weighted by molar-refractivity contribution is 5.30. The fraction of sp³-hybridized carbons (Fsp3) is 0.750. The second kappa shape index (κ2) is 2.47. The first-order chi connectivity index (χ1) is 5.27. The Morgan fingerprint density at radius 2 is 1.33 bits per heavy atom. The summed E-state index contributed by atoms with van der Waals surface area (Å²) >= 11 is 0. The van der Waals surface area contributed by atoms with E-state index in [1.165, 1.54) is 13.8 Å². The first kappa shape index (κ1) is 9.55. The highest BCUT2D eigenvalue weighted by Gasteiger charge is 2.56. The van der Waals surface area contributed by atoms with Crippen molar-refractivity contribution in [1.29, 1.82) is 0 Å². The van der Waals surface area contributed by atoms with Crippen molar-refractivity contribution >= 4 is 0 Å². The summed E-state index contributed by atoms with van der Waals surface area (Å²) in [6.07, 6.45) is -1.47. The fourth-order valence-corrected chi connectivity index (χ4v) is 1.56. The topological polar surface area (TPSA) is 0 Å². The van der Waals surface area contributed by atoms with E-state index < -0.39 is 30.3 Å². The van der Waals surface area contributed by atoms with Gasteiger partial charge in [-0.05, 0) is 13.8 Å². The number of halogens is 4. The smallest absolute Gasteiger partial charge is 0.202 e. The van der Waals surface area contributed by atoms with Crippen LogP contribution in [0.3, 0.4) is 0 Å². The number of hydrogen-bond donors (Lipinski definition) is 0. The molecule has 1 fully saturated rings. The lowest BCUT2D eigenvalue weighted by Gasteiger charge is -2.16. The van der Waals surface area contributed by atoms with Gasteiger partial charge in [0.1, 0.15) is 0 Å². The molecule has 12 heavy (non-hydrogen) atoms. The third kappa shape index (κ3) is 1.34. The highest BCUT2D eigenvalue weighted by atomic mass is 19.3. The van der Waals surface area contributed by atoms with Crippen LogP contribution < -0.4 is 0 Å². The highest BCUT2D eigenvalue weighted by Crippen LogP contribution is 2.50. The van der Waals surface area contributed by atoms with Crippen molar-refractivity contribution < 1.29 is 17.6 Å². The van der Waals surface area contributed by atoms with E-state index >= 15 is 0 Å². The summed E-state index contributed by atoms with van der Waals surface area (Å²) < 4.78 is 51.3. The second-order valence-corrected chi connectivity index (χ2v) is 3.28. The van der Waals surface area contributed by atoms with Crippen molar-refractivity contribution in [3.63, 3.8) is 0 Å². The molecule has 0 amide bonds. The molecule has 0 nitrogen and oxygen atoms in total. The molecule has 0 bridgehead atoms. The molecule has 1 rings (SSSR count). The Balaban J connectivity index is 3.15. The van der Waals surface area contributed by atoms with Crippen molar-refractivity contribution in [2.24, 2.45) is 0 Å². The van der Waals surface area contributed by atoms with Gasteiger partial charge in [0.15, 0.2) is 0 Å². The molecule has 1 aliphatic carbocycles. The molecule has 0 saturated heterocycles. The molecule has 0 radical (unpaired) electrons. The summed E-state index contributed by atoms with van der Waals surface area (Å²) in [4.78, 5) is 0. The Kier molecular flexibility index (Phi) is 1.97. The maximum Gasteiger partial charge on any atom is 0.275 e. The average Bonchev–Trinajstić information content (AvgIpc) is 2.01. The zero-order chi connectivity index (χ0) is 9.57. The maximum absolute atomic E-state index is 12.8. The molecule has 1 aliphatic rings. The lowest BCUT2D eigenvalue weighted by molar-refractivity contribution is 0.0157. The van der Waals surface area contributed by atoms with Gasteiger partial charge in [-0.3, -0.25) is 0 Å². The van der Waals surface area contributed by atoms with Gasteiger partial charge in [0, 0.05) is 12.8 Å². The van der Waals surface area contributed by atoms with Gasteiger partial charge in [0.25, 0.3) is 11.8 Å². The van der Waals surface area contributed by atoms with Gasteiger partial charge < -0.3 is 0 Å². The van der Waals surface area contributed by atoms with Crippen LogP contribution in [-0.2, 0) is 0 Å². The van der Waals surface area contributed by atoms with Crippen molar-refractivity contribution in [1.82, 2.24) is 0 Å². The van der Waals surface area contributed by atoms with Crippen molar-refractivity contribution in [3.05, 3.63) is 11.1 Å². The van der Waals surface area contributed by atoms with E-state index in [4.69, 9.17) is 0 Å². The van der Waals surface area contributed by atoms with Crippen molar-refractivity contribution in [2.75, 3.05) is 0 Å². The Morgan fingerprint density at radius 1 is 1.00 bits per heavy atom. The molecule has 0 heterocycles. The summed E-state index contributed by atoms with van der Waals surface area (Å²) in [5.74, 6) is -6.61. The van der Waals surface area contributed by atoms with Crippen LogP contribution in [0.25, 0.3) is 0 Å². The lowest BCUT2D eigenvalue weighted by Crippen LogP contribution is -2.23. The van der Waals surface area contributed by atoms with Crippen molar-refractivity contribution in [2.45, 2.75) is 38.5 Å². The second-order valence-electron chi connectivity index (χ2n) is 3.28. The Hall–Kier alpha value is -0.540. The van der Waals surface area contributed by atoms with E-state index in [2.05, 4.69) is 0 Å². The predicted molar refractivity (Wildman–Crippen MR) is 37.5 cm³/mol. The van der Waals surface area contributed by atoms with Gasteiger partial charge in [0.05, 0.1) is 5.57 Å². The quantitative estimate of drug-likeness (QED) is 0.398. The molecule has 0 N–H and O–H groups in total. The van der Waals surface area contributed by atoms with E-state index in [1.807, 2.05) is 0 Å². The molecule has 4 heteroatoms. The summed E-state index contributed by atoms with van der Waals surface area (Å²) in [6.45, 7) is 2.59. The molecule has 70 valence electrons. The van der Waals surface area contributed by atoms with E-state index in [9.17, 15) is 17.6 Å². The summed E-state index contributed by atoms with van der Waals surface area (Å²) in [5.41, 5.74) is -0.947. The molecule has 1 saturated carbocycles. The molecular formula is C8H10F4. The van der Waals surface area contributed by atoms with Gasteiger partial charge in [-0.2, -0.15) is 0 Å². The van der Waals surface area contributed by atoms with E-state index in [1.54, 1.807) is 0 Å². The van der Waals surface area contributed by atoms with Gasteiger partial charge in [0.2, 0.25) is 0 Å². The molecule has 0 aliphatic heterocycles. The van der Waals surface area contributed by atoms with E-state index in [0.717, 1.165) is 0 Å². The van der Waals surface area contributed by atoms with Crippen LogP contribution in [0.1, 0.15) is 26.7 Å². The predicted octanol–water partition coefficient (Wildman–Crippen LogP) is 3.39. The fourth-order valence-electron chi connectivity index (χ4n) is 1.56. The first-order valence-corrected chi connectivity index (χ1v) is 3.71. The lowest BCUT2D eigenvalue weighted by atomic mass is 10.1.